The quantitative estimate of drug-likeness (QED) is 0.716. The van der Waals surface area contributed by atoms with Gasteiger partial charge in [0, 0.05) is 0 Å². The maximum absolute atomic E-state index is 12.0. The average Bonchev–Trinajstić information content (AvgIpc) is 2.76. The van der Waals surface area contributed by atoms with Crippen LogP contribution in [0.5, 0.6) is 0 Å². The molecule has 2 heterocycles. The number of hydrogen-bond donors (Lipinski definition) is 1. The Bertz CT molecular complexity index is 413. The third kappa shape index (κ3) is 3.85. The third-order valence-corrected chi connectivity index (χ3v) is 4.65. The minimum Gasteiger partial charge on any atom is -0.376 e. The van der Waals surface area contributed by atoms with Crippen molar-refractivity contribution < 1.29 is 32.7 Å². The Morgan fingerprint density at radius 1 is 1.33 bits per heavy atom. The molecule has 0 amide bonds. The Labute approximate surface area is 125 Å². The van der Waals surface area contributed by atoms with Crippen molar-refractivity contribution in [2.75, 3.05) is 13.2 Å². The van der Waals surface area contributed by atoms with Gasteiger partial charge in [-0.15, -0.1) is 0 Å². The molecule has 0 aromatic carbocycles. The molecule has 21 heavy (non-hydrogen) atoms. The summed E-state index contributed by atoms with van der Waals surface area (Å²) in [4.78, 5) is 9.85. The van der Waals surface area contributed by atoms with E-state index >= 15 is 0 Å². The van der Waals surface area contributed by atoms with Gasteiger partial charge in [-0.3, -0.25) is 9.05 Å². The van der Waals surface area contributed by atoms with E-state index in [1.165, 1.54) is 0 Å². The Kier molecular flexibility index (Phi) is 5.15. The van der Waals surface area contributed by atoms with Crippen molar-refractivity contribution in [3.8, 4) is 0 Å². The predicted molar refractivity (Wildman–Crippen MR) is 75.0 cm³/mol. The molecule has 0 saturated carbocycles. The van der Waals surface area contributed by atoms with Crippen LogP contribution in [0.15, 0.2) is 0 Å². The number of rotatable bonds is 7. The summed E-state index contributed by atoms with van der Waals surface area (Å²) in [7, 11) is -4.16. The van der Waals surface area contributed by atoms with Gasteiger partial charge in [-0.2, -0.15) is 0 Å². The SMILES string of the molecule is CC(C)OCC12COC(C(C)O1)C2OP(=O)(O)OC(C)C. The van der Waals surface area contributed by atoms with E-state index in [0.29, 0.717) is 0 Å². The number of phosphoric acid groups is 1. The molecule has 0 aromatic heterocycles. The Hall–Kier alpha value is -0.0100. The van der Waals surface area contributed by atoms with Crippen LogP contribution in [0.2, 0.25) is 0 Å². The first kappa shape index (κ1) is 17.3. The fraction of sp³-hybridized carbons (Fsp3) is 1.00. The topological polar surface area (TPSA) is 83.5 Å². The highest BCUT2D eigenvalue weighted by Gasteiger charge is 2.63. The fourth-order valence-corrected chi connectivity index (χ4v) is 3.86. The van der Waals surface area contributed by atoms with Gasteiger partial charge in [0.15, 0.2) is 0 Å². The maximum atomic E-state index is 12.0. The molecule has 0 spiro atoms. The molecule has 2 bridgehead atoms. The van der Waals surface area contributed by atoms with E-state index in [9.17, 15) is 9.46 Å². The lowest BCUT2D eigenvalue weighted by Crippen LogP contribution is -2.46. The molecule has 7 nitrogen and oxygen atoms in total. The van der Waals surface area contributed by atoms with Crippen molar-refractivity contribution in [3.63, 3.8) is 0 Å². The highest BCUT2D eigenvalue weighted by molar-refractivity contribution is 7.47. The van der Waals surface area contributed by atoms with Crippen molar-refractivity contribution >= 4 is 7.82 Å². The highest BCUT2D eigenvalue weighted by atomic mass is 31.2. The van der Waals surface area contributed by atoms with E-state index < -0.39 is 31.7 Å². The second kappa shape index (κ2) is 6.24. The van der Waals surface area contributed by atoms with Gasteiger partial charge in [-0.25, -0.2) is 4.57 Å². The molecular formula is C13H25O7P. The van der Waals surface area contributed by atoms with E-state index in [4.69, 9.17) is 23.3 Å². The van der Waals surface area contributed by atoms with Crippen molar-refractivity contribution in [1.82, 2.24) is 0 Å². The van der Waals surface area contributed by atoms with Gasteiger partial charge < -0.3 is 19.1 Å². The molecule has 8 heteroatoms. The van der Waals surface area contributed by atoms with Gasteiger partial charge in [0.1, 0.15) is 17.8 Å². The van der Waals surface area contributed by atoms with Crippen LogP contribution in [0.25, 0.3) is 0 Å². The summed E-state index contributed by atoms with van der Waals surface area (Å²) in [6, 6.07) is 0. The lowest BCUT2D eigenvalue weighted by atomic mass is 10.00. The molecule has 1 N–H and O–H groups in total. The summed E-state index contributed by atoms with van der Waals surface area (Å²) in [5, 5.41) is 0. The van der Waals surface area contributed by atoms with Gasteiger partial charge in [0.05, 0.1) is 31.5 Å². The first-order chi connectivity index (χ1) is 9.65. The van der Waals surface area contributed by atoms with Crippen molar-refractivity contribution in [2.45, 2.75) is 70.7 Å². The number of ether oxygens (including phenoxy) is 3. The van der Waals surface area contributed by atoms with Crippen molar-refractivity contribution in [3.05, 3.63) is 0 Å². The van der Waals surface area contributed by atoms with Crippen LogP contribution in [0.3, 0.4) is 0 Å². The molecule has 0 aromatic rings. The zero-order valence-corrected chi connectivity index (χ0v) is 14.0. The predicted octanol–water partition coefficient (Wildman–Crippen LogP) is 1.88. The van der Waals surface area contributed by atoms with Crippen molar-refractivity contribution in [1.29, 1.82) is 0 Å². The first-order valence-electron chi connectivity index (χ1n) is 7.26. The summed E-state index contributed by atoms with van der Waals surface area (Å²) in [5.41, 5.74) is -0.854. The van der Waals surface area contributed by atoms with Crippen LogP contribution in [-0.2, 0) is 27.8 Å². The average molecular weight is 324 g/mol. The zero-order valence-electron chi connectivity index (χ0n) is 13.1. The van der Waals surface area contributed by atoms with E-state index in [1.807, 2.05) is 20.8 Å². The normalized spacial score (nSPS) is 38.4. The van der Waals surface area contributed by atoms with Gasteiger partial charge in [-0.1, -0.05) is 0 Å². The van der Waals surface area contributed by atoms with E-state index in [0.717, 1.165) is 0 Å². The highest BCUT2D eigenvalue weighted by Crippen LogP contribution is 2.53. The molecule has 2 aliphatic rings. The lowest BCUT2D eigenvalue weighted by Gasteiger charge is -2.31. The summed E-state index contributed by atoms with van der Waals surface area (Å²) in [6.45, 7) is 9.54. The molecule has 0 radical (unpaired) electrons. The standard InChI is InChI=1S/C13H25O7P/c1-8(2)16-6-13-7-17-11(10(5)18-13)12(13)20-21(14,15)19-9(3)4/h8-12H,6-7H2,1-5H3,(H,14,15). The van der Waals surface area contributed by atoms with Crippen molar-refractivity contribution in [2.24, 2.45) is 0 Å². The second-order valence-corrected chi connectivity index (χ2v) is 7.53. The number of phosphoric ester groups is 1. The van der Waals surface area contributed by atoms with Crippen LogP contribution in [0.1, 0.15) is 34.6 Å². The molecule has 5 atom stereocenters. The molecule has 2 fully saturated rings. The molecule has 2 rings (SSSR count). The monoisotopic (exact) mass is 324 g/mol. The molecular weight excluding hydrogens is 299 g/mol. The Morgan fingerprint density at radius 3 is 2.52 bits per heavy atom. The van der Waals surface area contributed by atoms with Gasteiger partial charge in [0.25, 0.3) is 0 Å². The summed E-state index contributed by atoms with van der Waals surface area (Å²) >= 11 is 0. The van der Waals surface area contributed by atoms with Crippen LogP contribution >= 0.6 is 7.82 Å². The molecule has 2 aliphatic heterocycles. The minimum atomic E-state index is -4.16. The third-order valence-electron chi connectivity index (χ3n) is 3.47. The second-order valence-electron chi connectivity index (χ2n) is 6.17. The van der Waals surface area contributed by atoms with Gasteiger partial charge >= 0.3 is 7.82 Å². The smallest absolute Gasteiger partial charge is 0.376 e. The minimum absolute atomic E-state index is 0.0198. The summed E-state index contributed by atoms with van der Waals surface area (Å²) in [6.07, 6.45) is -1.69. The zero-order chi connectivity index (χ0) is 15.8. The Morgan fingerprint density at radius 2 is 2.00 bits per heavy atom. The van der Waals surface area contributed by atoms with E-state index in [1.54, 1.807) is 13.8 Å². The van der Waals surface area contributed by atoms with Crippen LogP contribution in [-0.4, -0.2) is 54.2 Å². The molecule has 5 unspecified atom stereocenters. The maximum Gasteiger partial charge on any atom is 0.472 e. The first-order valence-corrected chi connectivity index (χ1v) is 8.75. The van der Waals surface area contributed by atoms with Gasteiger partial charge in [-0.05, 0) is 34.6 Å². The molecule has 124 valence electrons. The summed E-state index contributed by atoms with van der Waals surface area (Å²) < 4.78 is 39.5. The molecule has 0 aliphatic carbocycles. The van der Waals surface area contributed by atoms with Crippen LogP contribution in [0.4, 0.5) is 0 Å². The van der Waals surface area contributed by atoms with E-state index in [2.05, 4.69) is 0 Å². The number of hydrogen-bond acceptors (Lipinski definition) is 6. The summed E-state index contributed by atoms with van der Waals surface area (Å²) in [5.74, 6) is 0. The Balaban J connectivity index is 2.11. The largest absolute Gasteiger partial charge is 0.472 e. The van der Waals surface area contributed by atoms with Crippen LogP contribution < -0.4 is 0 Å². The van der Waals surface area contributed by atoms with Gasteiger partial charge in [0.2, 0.25) is 0 Å². The van der Waals surface area contributed by atoms with Crippen LogP contribution in [0, 0.1) is 0 Å². The number of fused-ring (bicyclic) bond motifs is 2. The van der Waals surface area contributed by atoms with E-state index in [-0.39, 0.29) is 25.4 Å². The lowest BCUT2D eigenvalue weighted by molar-refractivity contribution is -0.169. The molecule has 2 saturated heterocycles. The fourth-order valence-electron chi connectivity index (χ4n) is 2.68.